The summed E-state index contributed by atoms with van der Waals surface area (Å²) in [4.78, 5) is 24.1. The summed E-state index contributed by atoms with van der Waals surface area (Å²) in [6, 6.07) is 4.78. The molecule has 0 aliphatic heterocycles. The molecule has 5 nitrogen and oxygen atoms in total. The molecule has 2 N–H and O–H groups in total. The highest BCUT2D eigenvalue weighted by Crippen LogP contribution is 2.29. The predicted octanol–water partition coefficient (Wildman–Crippen LogP) is 2.49. The van der Waals surface area contributed by atoms with Gasteiger partial charge in [-0.25, -0.2) is 0 Å². The molecule has 1 rings (SSSR count). The maximum Gasteiger partial charge on any atom is 0.416 e. The molecular weight excluding hydrogens is 323 g/mol. The molecule has 130 valence electrons. The number of nitriles is 1. The lowest BCUT2D eigenvalue weighted by atomic mass is 10.0. The van der Waals surface area contributed by atoms with E-state index in [1.807, 2.05) is 13.8 Å². The molecule has 0 aliphatic rings. The molecule has 0 fully saturated rings. The summed E-state index contributed by atoms with van der Waals surface area (Å²) >= 11 is 0. The van der Waals surface area contributed by atoms with E-state index in [2.05, 4.69) is 10.6 Å². The van der Waals surface area contributed by atoms with E-state index in [-0.39, 0.29) is 18.0 Å². The molecule has 2 amide bonds. The van der Waals surface area contributed by atoms with Crippen LogP contribution in [0.15, 0.2) is 24.3 Å². The van der Waals surface area contributed by atoms with E-state index in [9.17, 15) is 22.8 Å². The number of nitrogens with zero attached hydrogens (tertiary/aromatic N) is 1. The Morgan fingerprint density at radius 1 is 1.29 bits per heavy atom. The number of hydrogen-bond donors (Lipinski definition) is 2. The molecule has 0 saturated heterocycles. The SMILES string of the molecule is CC(C)CC(NC(=O)c1cccc(C(F)(F)F)c1)C(=O)NCC#N. The van der Waals surface area contributed by atoms with Gasteiger partial charge in [-0.2, -0.15) is 18.4 Å². The fourth-order valence-corrected chi connectivity index (χ4v) is 2.03. The molecule has 8 heteroatoms. The van der Waals surface area contributed by atoms with Crippen molar-refractivity contribution in [3.05, 3.63) is 35.4 Å². The molecule has 0 spiro atoms. The zero-order valence-corrected chi connectivity index (χ0v) is 13.3. The Kier molecular flexibility index (Phi) is 6.77. The average molecular weight is 341 g/mol. The number of halogens is 3. The van der Waals surface area contributed by atoms with Crippen molar-refractivity contribution in [3.63, 3.8) is 0 Å². The molecule has 24 heavy (non-hydrogen) atoms. The van der Waals surface area contributed by atoms with Crippen LogP contribution < -0.4 is 10.6 Å². The lowest BCUT2D eigenvalue weighted by Gasteiger charge is -2.19. The number of carbonyl (C=O) groups is 2. The van der Waals surface area contributed by atoms with Crippen LogP contribution in [0.25, 0.3) is 0 Å². The monoisotopic (exact) mass is 341 g/mol. The largest absolute Gasteiger partial charge is 0.416 e. The second kappa shape index (κ2) is 8.34. The average Bonchev–Trinajstić information content (AvgIpc) is 2.50. The Hall–Kier alpha value is -2.56. The number of rotatable bonds is 6. The molecular formula is C16H18F3N3O2. The number of carbonyl (C=O) groups excluding carboxylic acids is 2. The molecule has 1 aromatic rings. The number of alkyl halides is 3. The molecule has 0 aromatic heterocycles. The van der Waals surface area contributed by atoms with E-state index in [1.54, 1.807) is 6.07 Å². The molecule has 0 saturated carbocycles. The Bertz CT molecular complexity index is 636. The van der Waals surface area contributed by atoms with Gasteiger partial charge in [-0.3, -0.25) is 9.59 Å². The van der Waals surface area contributed by atoms with E-state index < -0.39 is 29.6 Å². The summed E-state index contributed by atoms with van der Waals surface area (Å²) in [5.41, 5.74) is -1.13. The summed E-state index contributed by atoms with van der Waals surface area (Å²) < 4.78 is 38.1. The lowest BCUT2D eigenvalue weighted by molar-refractivity contribution is -0.137. The van der Waals surface area contributed by atoms with E-state index in [4.69, 9.17) is 5.26 Å². The third kappa shape index (κ3) is 5.91. The van der Waals surface area contributed by atoms with Gasteiger partial charge in [-0.15, -0.1) is 0 Å². The quantitative estimate of drug-likeness (QED) is 0.780. The minimum atomic E-state index is -4.56. The molecule has 0 radical (unpaired) electrons. The topological polar surface area (TPSA) is 82.0 Å². The van der Waals surface area contributed by atoms with Gasteiger partial charge in [0.25, 0.3) is 5.91 Å². The third-order valence-electron chi connectivity index (χ3n) is 3.12. The van der Waals surface area contributed by atoms with Gasteiger partial charge < -0.3 is 10.6 Å². The second-order valence-corrected chi connectivity index (χ2v) is 5.61. The van der Waals surface area contributed by atoms with Crippen LogP contribution in [0.3, 0.4) is 0 Å². The molecule has 0 heterocycles. The van der Waals surface area contributed by atoms with Crippen LogP contribution in [0.5, 0.6) is 0 Å². The minimum absolute atomic E-state index is 0.0599. The fraction of sp³-hybridized carbons (Fsp3) is 0.438. The summed E-state index contributed by atoms with van der Waals surface area (Å²) in [7, 11) is 0. The first-order chi connectivity index (χ1) is 11.1. The van der Waals surface area contributed by atoms with Crippen LogP contribution >= 0.6 is 0 Å². The van der Waals surface area contributed by atoms with Crippen LogP contribution in [-0.4, -0.2) is 24.4 Å². The fourth-order valence-electron chi connectivity index (χ4n) is 2.03. The van der Waals surface area contributed by atoms with Gasteiger partial charge in [-0.05, 0) is 30.5 Å². The van der Waals surface area contributed by atoms with Crippen LogP contribution in [0.1, 0.15) is 36.2 Å². The normalized spacial score (nSPS) is 12.4. The van der Waals surface area contributed by atoms with E-state index in [0.29, 0.717) is 6.42 Å². The highest BCUT2D eigenvalue weighted by molar-refractivity contribution is 5.97. The Morgan fingerprint density at radius 2 is 1.96 bits per heavy atom. The lowest BCUT2D eigenvalue weighted by Crippen LogP contribution is -2.47. The highest BCUT2D eigenvalue weighted by atomic mass is 19.4. The maximum absolute atomic E-state index is 12.7. The van der Waals surface area contributed by atoms with Crippen molar-refractivity contribution in [1.29, 1.82) is 5.26 Å². The first-order valence-electron chi connectivity index (χ1n) is 7.28. The van der Waals surface area contributed by atoms with Crippen molar-refractivity contribution in [2.45, 2.75) is 32.5 Å². The highest BCUT2D eigenvalue weighted by Gasteiger charge is 2.31. The molecule has 1 unspecified atom stereocenters. The molecule has 1 atom stereocenters. The van der Waals surface area contributed by atoms with Crippen molar-refractivity contribution in [3.8, 4) is 6.07 Å². The second-order valence-electron chi connectivity index (χ2n) is 5.61. The van der Waals surface area contributed by atoms with Gasteiger partial charge in [0.2, 0.25) is 5.91 Å². The van der Waals surface area contributed by atoms with Crippen molar-refractivity contribution in [1.82, 2.24) is 10.6 Å². The zero-order chi connectivity index (χ0) is 18.3. The Labute approximate surface area is 137 Å². The third-order valence-corrected chi connectivity index (χ3v) is 3.12. The van der Waals surface area contributed by atoms with Crippen molar-refractivity contribution in [2.75, 3.05) is 6.54 Å². The van der Waals surface area contributed by atoms with Gasteiger partial charge in [0, 0.05) is 5.56 Å². The summed E-state index contributed by atoms with van der Waals surface area (Å²) in [5.74, 6) is -1.27. The van der Waals surface area contributed by atoms with Crippen molar-refractivity contribution in [2.24, 2.45) is 5.92 Å². The van der Waals surface area contributed by atoms with Crippen molar-refractivity contribution >= 4 is 11.8 Å². The van der Waals surface area contributed by atoms with E-state index in [1.165, 1.54) is 6.07 Å². The number of benzene rings is 1. The standard InChI is InChI=1S/C16H18F3N3O2/c1-10(2)8-13(15(24)21-7-6-20)22-14(23)11-4-3-5-12(9-11)16(17,18)19/h3-5,9-10,13H,7-8H2,1-2H3,(H,21,24)(H,22,23). The van der Waals surface area contributed by atoms with Gasteiger partial charge in [0.15, 0.2) is 0 Å². The summed E-state index contributed by atoms with van der Waals surface area (Å²) in [6.07, 6.45) is -4.26. The zero-order valence-electron chi connectivity index (χ0n) is 13.3. The van der Waals surface area contributed by atoms with Gasteiger partial charge in [0.05, 0.1) is 11.6 Å². The van der Waals surface area contributed by atoms with Crippen LogP contribution in [-0.2, 0) is 11.0 Å². The molecule has 0 aliphatic carbocycles. The van der Waals surface area contributed by atoms with Gasteiger partial charge in [0.1, 0.15) is 12.6 Å². The minimum Gasteiger partial charge on any atom is -0.341 e. The molecule has 0 bridgehead atoms. The van der Waals surface area contributed by atoms with Crippen molar-refractivity contribution < 1.29 is 22.8 Å². The van der Waals surface area contributed by atoms with Crippen LogP contribution in [0.2, 0.25) is 0 Å². The number of amides is 2. The maximum atomic E-state index is 12.7. The first-order valence-corrected chi connectivity index (χ1v) is 7.28. The van der Waals surface area contributed by atoms with Crippen LogP contribution in [0, 0.1) is 17.2 Å². The van der Waals surface area contributed by atoms with Crippen LogP contribution in [0.4, 0.5) is 13.2 Å². The summed E-state index contributed by atoms with van der Waals surface area (Å²) in [6.45, 7) is 3.45. The first kappa shape index (κ1) is 19.5. The van der Waals surface area contributed by atoms with E-state index in [0.717, 1.165) is 18.2 Å². The summed E-state index contributed by atoms with van der Waals surface area (Å²) in [5, 5.41) is 13.2. The smallest absolute Gasteiger partial charge is 0.341 e. The predicted molar refractivity (Wildman–Crippen MR) is 80.8 cm³/mol. The number of nitrogens with one attached hydrogen (secondary N) is 2. The number of hydrogen-bond acceptors (Lipinski definition) is 3. The Morgan fingerprint density at radius 3 is 2.50 bits per heavy atom. The van der Waals surface area contributed by atoms with Gasteiger partial charge in [-0.1, -0.05) is 19.9 Å². The van der Waals surface area contributed by atoms with Gasteiger partial charge >= 0.3 is 6.18 Å². The Balaban J connectivity index is 2.92. The molecule has 1 aromatic carbocycles. The van der Waals surface area contributed by atoms with E-state index >= 15 is 0 Å².